The van der Waals surface area contributed by atoms with Crippen molar-refractivity contribution in [2.24, 2.45) is 0 Å². The molecule has 108 valence electrons. The number of ether oxygens (including phenoxy) is 1. The van der Waals surface area contributed by atoms with Gasteiger partial charge in [-0.3, -0.25) is 10.1 Å². The lowest BCUT2D eigenvalue weighted by Gasteiger charge is -2.24. The molecule has 2 rings (SSSR count). The molecular weight excluding hydrogens is 252 g/mol. The number of nitrogens with zero attached hydrogens (tertiary/aromatic N) is 1. The zero-order chi connectivity index (χ0) is 14.5. The van der Waals surface area contributed by atoms with Crippen molar-refractivity contribution in [3.8, 4) is 5.75 Å². The summed E-state index contributed by atoms with van der Waals surface area (Å²) in [6.45, 7) is 8.89. The normalized spacial score (nSPS) is 22.1. The summed E-state index contributed by atoms with van der Waals surface area (Å²) < 4.78 is 5.47. The van der Waals surface area contributed by atoms with Gasteiger partial charge in [-0.05, 0) is 31.0 Å². The quantitative estimate of drug-likeness (QED) is 0.810. The fraction of sp³-hybridized carbons (Fsp3) is 0.438. The van der Waals surface area contributed by atoms with Crippen molar-refractivity contribution in [2.45, 2.75) is 32.5 Å². The van der Waals surface area contributed by atoms with E-state index in [1.165, 1.54) is 0 Å². The van der Waals surface area contributed by atoms with Crippen molar-refractivity contribution < 1.29 is 9.53 Å². The van der Waals surface area contributed by atoms with E-state index in [1.54, 1.807) is 6.08 Å². The summed E-state index contributed by atoms with van der Waals surface area (Å²) in [7, 11) is 0. The minimum Gasteiger partial charge on any atom is -0.490 e. The van der Waals surface area contributed by atoms with Crippen LogP contribution in [0, 0.1) is 0 Å². The van der Waals surface area contributed by atoms with E-state index in [0.29, 0.717) is 6.61 Å². The molecule has 0 radical (unpaired) electrons. The van der Waals surface area contributed by atoms with Crippen LogP contribution in [0.5, 0.6) is 5.75 Å². The van der Waals surface area contributed by atoms with Gasteiger partial charge in [-0.25, -0.2) is 0 Å². The average molecular weight is 274 g/mol. The maximum Gasteiger partial charge on any atom is 0.241 e. The number of benzene rings is 1. The van der Waals surface area contributed by atoms with Gasteiger partial charge in [0.1, 0.15) is 18.5 Å². The second kappa shape index (κ2) is 6.57. The zero-order valence-corrected chi connectivity index (χ0v) is 12.1. The van der Waals surface area contributed by atoms with E-state index in [1.807, 2.05) is 36.1 Å². The molecule has 20 heavy (non-hydrogen) atoms. The van der Waals surface area contributed by atoms with Crippen LogP contribution in [-0.2, 0) is 4.79 Å². The van der Waals surface area contributed by atoms with Crippen molar-refractivity contribution in [3.63, 3.8) is 0 Å². The van der Waals surface area contributed by atoms with Gasteiger partial charge >= 0.3 is 0 Å². The van der Waals surface area contributed by atoms with Crippen molar-refractivity contribution in [1.82, 2.24) is 10.2 Å². The van der Waals surface area contributed by atoms with Gasteiger partial charge in [0.05, 0.1) is 6.04 Å². The lowest BCUT2D eigenvalue weighted by atomic mass is 10.1. The van der Waals surface area contributed by atoms with E-state index in [-0.39, 0.29) is 18.1 Å². The number of rotatable bonds is 6. The molecule has 0 spiro atoms. The Morgan fingerprint density at radius 1 is 1.40 bits per heavy atom. The minimum atomic E-state index is -0.122. The molecule has 0 aromatic heterocycles. The summed E-state index contributed by atoms with van der Waals surface area (Å²) >= 11 is 0. The van der Waals surface area contributed by atoms with Gasteiger partial charge in [0.25, 0.3) is 0 Å². The number of carbonyl (C=O) groups excluding carboxylic acids is 1. The maximum atomic E-state index is 12.1. The molecule has 1 N–H and O–H groups in total. The molecule has 1 heterocycles. The fourth-order valence-corrected chi connectivity index (χ4v) is 2.43. The molecule has 1 aliphatic heterocycles. The van der Waals surface area contributed by atoms with Crippen LogP contribution < -0.4 is 10.1 Å². The highest BCUT2D eigenvalue weighted by Gasteiger charge is 2.36. The third kappa shape index (κ3) is 3.02. The molecule has 1 fully saturated rings. The maximum absolute atomic E-state index is 12.1. The summed E-state index contributed by atoms with van der Waals surface area (Å²) in [5, 5.41) is 3.34. The lowest BCUT2D eigenvalue weighted by Crippen LogP contribution is -2.31. The first-order valence-corrected chi connectivity index (χ1v) is 7.07. The Morgan fingerprint density at radius 3 is 2.70 bits per heavy atom. The topological polar surface area (TPSA) is 41.6 Å². The van der Waals surface area contributed by atoms with Gasteiger partial charge < -0.3 is 9.64 Å². The third-order valence-corrected chi connectivity index (χ3v) is 3.40. The zero-order valence-electron chi connectivity index (χ0n) is 12.1. The number of hydrogen-bond donors (Lipinski definition) is 1. The molecule has 2 unspecified atom stereocenters. The van der Waals surface area contributed by atoms with Crippen LogP contribution in [0.3, 0.4) is 0 Å². The van der Waals surface area contributed by atoms with E-state index in [0.717, 1.165) is 24.3 Å². The first kappa shape index (κ1) is 14.6. The molecule has 2 atom stereocenters. The van der Waals surface area contributed by atoms with Crippen LogP contribution >= 0.6 is 0 Å². The molecule has 1 saturated heterocycles. The number of nitrogens with one attached hydrogen (secondary N) is 1. The molecule has 0 saturated carbocycles. The smallest absolute Gasteiger partial charge is 0.241 e. The third-order valence-electron chi connectivity index (χ3n) is 3.40. The largest absolute Gasteiger partial charge is 0.490 e. The van der Waals surface area contributed by atoms with Crippen LogP contribution in [0.15, 0.2) is 36.9 Å². The van der Waals surface area contributed by atoms with Crippen LogP contribution in [-0.4, -0.2) is 30.0 Å². The Morgan fingerprint density at radius 2 is 2.10 bits per heavy atom. The molecule has 0 bridgehead atoms. The molecule has 1 aliphatic rings. The molecule has 4 heteroatoms. The predicted molar refractivity (Wildman–Crippen MR) is 79.5 cm³/mol. The van der Waals surface area contributed by atoms with Crippen LogP contribution in [0.4, 0.5) is 0 Å². The highest BCUT2D eigenvalue weighted by atomic mass is 16.5. The van der Waals surface area contributed by atoms with Gasteiger partial charge in [-0.1, -0.05) is 31.7 Å². The Hall–Kier alpha value is -1.81. The first-order valence-electron chi connectivity index (χ1n) is 7.07. The number of amides is 1. The fourth-order valence-electron chi connectivity index (χ4n) is 2.43. The Labute approximate surface area is 120 Å². The minimum absolute atomic E-state index is 0.0362. The summed E-state index contributed by atoms with van der Waals surface area (Å²) in [6.07, 6.45) is 2.64. The molecular formula is C16H22N2O2. The summed E-state index contributed by atoms with van der Waals surface area (Å²) in [5.74, 6) is 0.983. The van der Waals surface area contributed by atoms with E-state index in [9.17, 15) is 4.79 Å². The van der Waals surface area contributed by atoms with E-state index in [2.05, 4.69) is 18.8 Å². The second-order valence-electron chi connectivity index (χ2n) is 4.99. The van der Waals surface area contributed by atoms with Crippen molar-refractivity contribution in [1.29, 1.82) is 0 Å². The first-order chi connectivity index (χ1) is 9.67. The van der Waals surface area contributed by atoms with Gasteiger partial charge in [0, 0.05) is 6.54 Å². The monoisotopic (exact) mass is 274 g/mol. The molecule has 0 aliphatic carbocycles. The number of hydrogen-bond acceptors (Lipinski definition) is 3. The van der Waals surface area contributed by atoms with E-state index >= 15 is 0 Å². The standard InChI is InChI=1S/C16H22N2O2/c1-4-10-18-15(17-12(3)16(18)19)13-6-8-14(9-7-13)20-11-5-2/h5-9,12,15,17H,2,4,10-11H2,1,3H3. The summed E-state index contributed by atoms with van der Waals surface area (Å²) in [6, 6.07) is 7.74. The summed E-state index contributed by atoms with van der Waals surface area (Å²) in [5.41, 5.74) is 1.09. The van der Waals surface area contributed by atoms with Crippen molar-refractivity contribution in [2.75, 3.05) is 13.2 Å². The predicted octanol–water partition coefficient (Wildman–Crippen LogP) is 2.48. The van der Waals surface area contributed by atoms with Gasteiger partial charge in [-0.15, -0.1) is 0 Å². The van der Waals surface area contributed by atoms with Crippen molar-refractivity contribution >= 4 is 5.91 Å². The van der Waals surface area contributed by atoms with Gasteiger partial charge in [0.15, 0.2) is 0 Å². The molecule has 4 nitrogen and oxygen atoms in total. The Kier molecular flexibility index (Phi) is 4.79. The Bertz CT molecular complexity index is 470. The van der Waals surface area contributed by atoms with Crippen LogP contribution in [0.25, 0.3) is 0 Å². The van der Waals surface area contributed by atoms with E-state index < -0.39 is 0 Å². The van der Waals surface area contributed by atoms with Crippen LogP contribution in [0.1, 0.15) is 32.0 Å². The van der Waals surface area contributed by atoms with Gasteiger partial charge in [-0.2, -0.15) is 0 Å². The highest BCUT2D eigenvalue weighted by molar-refractivity contribution is 5.84. The van der Waals surface area contributed by atoms with Crippen LogP contribution in [0.2, 0.25) is 0 Å². The lowest BCUT2D eigenvalue weighted by molar-refractivity contribution is -0.129. The summed E-state index contributed by atoms with van der Waals surface area (Å²) in [4.78, 5) is 14.0. The second-order valence-corrected chi connectivity index (χ2v) is 4.99. The molecule has 1 aromatic rings. The SMILES string of the molecule is C=CCOc1ccc(C2NC(C)C(=O)N2CCC)cc1. The molecule has 1 aromatic carbocycles. The number of carbonyl (C=O) groups is 1. The van der Waals surface area contributed by atoms with E-state index in [4.69, 9.17) is 4.74 Å². The molecule has 1 amide bonds. The Balaban J connectivity index is 2.13. The average Bonchev–Trinajstić information content (AvgIpc) is 2.74. The van der Waals surface area contributed by atoms with Gasteiger partial charge in [0.2, 0.25) is 5.91 Å². The van der Waals surface area contributed by atoms with Crippen molar-refractivity contribution in [3.05, 3.63) is 42.5 Å². The highest BCUT2D eigenvalue weighted by Crippen LogP contribution is 2.26.